The number of Topliss-reactive ketones (excluding diaryl/α,β-unsaturated/α-hetero) is 1. The van der Waals surface area contributed by atoms with Crippen molar-refractivity contribution in [2.24, 2.45) is 22.7 Å². The minimum Gasteiger partial charge on any atom is -0.481 e. The van der Waals surface area contributed by atoms with E-state index in [-0.39, 0.29) is 37.3 Å². The van der Waals surface area contributed by atoms with Gasteiger partial charge in [-0.2, -0.15) is 0 Å². The monoisotopic (exact) mass is 994 g/mol. The van der Waals surface area contributed by atoms with Gasteiger partial charge in [-0.15, -0.1) is 0 Å². The minimum atomic E-state index is -2.09. The van der Waals surface area contributed by atoms with Crippen LogP contribution in [0.3, 0.4) is 0 Å². The predicted molar refractivity (Wildman–Crippen MR) is 239 cm³/mol. The van der Waals surface area contributed by atoms with E-state index in [4.69, 9.17) is 19.3 Å². The molecule has 4 aliphatic carbocycles. The van der Waals surface area contributed by atoms with Crippen LogP contribution in [0.25, 0.3) is 0 Å². The Kier molecular flexibility index (Phi) is 15.0. The Labute approximate surface area is 394 Å². The summed E-state index contributed by atoms with van der Waals surface area (Å²) in [6, 6.07) is 14.0. The lowest BCUT2D eigenvalue weighted by Gasteiger charge is -2.62. The first-order chi connectivity index (χ1) is 31.9. The van der Waals surface area contributed by atoms with Crippen molar-refractivity contribution in [1.82, 2.24) is 21.3 Å². The van der Waals surface area contributed by atoms with Crippen LogP contribution in [0.4, 0.5) is 4.39 Å². The molecule has 2 aromatic rings. The number of benzene rings is 2. The fourth-order valence-electron chi connectivity index (χ4n) is 11.2. The van der Waals surface area contributed by atoms with Crippen molar-refractivity contribution in [3.8, 4) is 0 Å². The lowest BCUT2D eigenvalue weighted by molar-refractivity contribution is -0.231. The second-order valence-electron chi connectivity index (χ2n) is 18.4. The summed E-state index contributed by atoms with van der Waals surface area (Å²) >= 11 is 2.95. The van der Waals surface area contributed by atoms with E-state index in [0.29, 0.717) is 36.8 Å². The smallest absolute Gasteiger partial charge is 0.303 e. The molecule has 3 saturated carbocycles. The highest BCUT2D eigenvalue weighted by Gasteiger charge is 2.79. The number of carboxylic acids is 1. The van der Waals surface area contributed by atoms with Crippen molar-refractivity contribution in [3.63, 3.8) is 0 Å². The Balaban J connectivity index is 0.889. The highest BCUT2D eigenvalue weighted by Crippen LogP contribution is 2.72. The predicted octanol–water partition coefficient (Wildman–Crippen LogP) is 2.54. The third kappa shape index (κ3) is 9.63. The average molecular weight is 996 g/mol. The molecule has 0 radical (unpaired) electrons. The van der Waals surface area contributed by atoms with E-state index in [1.807, 2.05) is 55.5 Å². The van der Waals surface area contributed by atoms with Gasteiger partial charge in [0.05, 0.1) is 37.2 Å². The van der Waals surface area contributed by atoms with Crippen LogP contribution in [-0.2, 0) is 60.8 Å². The number of aliphatic hydroxyl groups excluding tert-OH is 2. The van der Waals surface area contributed by atoms with Gasteiger partial charge in [-0.05, 0) is 80.2 Å². The maximum absolute atomic E-state index is 17.7. The SMILES string of the molecule is C[C@]12C=CC(=O)C=C1CC[C@H]1[C@@H]3C[C@H]4O[C@@H](c5ccc(Cc6ccc(COCNC(=O)CNC(=O)[C@H](CCC(=O)O)NC(=O)CNC(=O)CBr)cc6)cc5)O[C@@]4(C(=O)CO)[C@@]3(C)C[C@H](O)[C@@]12F. The number of allylic oxidation sites excluding steroid dienone is 4. The normalized spacial score (nSPS) is 30.7. The van der Waals surface area contributed by atoms with Crippen LogP contribution in [0.2, 0.25) is 0 Å². The molecule has 19 heteroatoms. The molecule has 1 heterocycles. The average Bonchev–Trinajstić information content (AvgIpc) is 3.81. The zero-order valence-corrected chi connectivity index (χ0v) is 38.8. The van der Waals surface area contributed by atoms with E-state index in [0.717, 1.165) is 16.7 Å². The molecular weight excluding hydrogens is 939 g/mol. The fourth-order valence-corrected chi connectivity index (χ4v) is 11.4. The number of halogens is 2. The fraction of sp³-hybridized carbons (Fsp3) is 0.521. The first kappa shape index (κ1) is 49.7. The van der Waals surface area contributed by atoms with Crippen molar-refractivity contribution in [2.45, 2.75) is 101 Å². The van der Waals surface area contributed by atoms with Gasteiger partial charge >= 0.3 is 5.97 Å². The van der Waals surface area contributed by atoms with Gasteiger partial charge in [-0.1, -0.05) is 83.0 Å². The van der Waals surface area contributed by atoms with Crippen LogP contribution in [0, 0.1) is 22.7 Å². The molecule has 0 bridgehead atoms. The summed E-state index contributed by atoms with van der Waals surface area (Å²) in [5.41, 5.74) is -1.80. The molecule has 2 aromatic carbocycles. The number of aliphatic carboxylic acids is 1. The van der Waals surface area contributed by atoms with Crippen molar-refractivity contribution in [1.29, 1.82) is 0 Å². The number of hydrogen-bond donors (Lipinski definition) is 7. The van der Waals surface area contributed by atoms with Crippen LogP contribution in [0.5, 0.6) is 0 Å². The van der Waals surface area contributed by atoms with Crippen LogP contribution >= 0.6 is 15.9 Å². The molecule has 0 spiro atoms. The summed E-state index contributed by atoms with van der Waals surface area (Å²) in [6.07, 6.45) is 2.25. The molecule has 1 saturated heterocycles. The van der Waals surface area contributed by atoms with E-state index >= 15 is 4.39 Å². The molecule has 0 aromatic heterocycles. The van der Waals surface area contributed by atoms with Gasteiger partial charge in [0.25, 0.3) is 0 Å². The van der Waals surface area contributed by atoms with E-state index in [1.165, 1.54) is 12.2 Å². The molecule has 4 fully saturated rings. The van der Waals surface area contributed by atoms with Crippen molar-refractivity contribution < 1.29 is 67.5 Å². The zero-order chi connectivity index (χ0) is 48.3. The van der Waals surface area contributed by atoms with Gasteiger partial charge < -0.3 is 50.8 Å². The second kappa shape index (κ2) is 20.2. The molecule has 7 rings (SSSR count). The number of carboxylic acid groups (broad SMARTS) is 1. The summed E-state index contributed by atoms with van der Waals surface area (Å²) in [7, 11) is 0. The number of nitrogens with one attached hydrogen (secondary N) is 4. The third-order valence-corrected chi connectivity index (χ3v) is 15.1. The number of ketones is 2. The molecule has 4 amide bonds. The molecule has 360 valence electrons. The van der Waals surface area contributed by atoms with Gasteiger partial charge in [0.1, 0.15) is 19.4 Å². The number of ether oxygens (including phenoxy) is 3. The molecular formula is C48H56BrFN4O13. The van der Waals surface area contributed by atoms with Crippen molar-refractivity contribution in [3.05, 3.63) is 94.6 Å². The molecule has 67 heavy (non-hydrogen) atoms. The van der Waals surface area contributed by atoms with E-state index < -0.39 is 120 Å². The van der Waals surface area contributed by atoms with Crippen LogP contribution in [0.15, 0.2) is 72.3 Å². The Morgan fingerprint density at radius 1 is 0.925 bits per heavy atom. The summed E-state index contributed by atoms with van der Waals surface area (Å²) < 4.78 is 36.5. The number of aliphatic hydroxyl groups is 2. The van der Waals surface area contributed by atoms with Gasteiger partial charge in [0.2, 0.25) is 23.6 Å². The Morgan fingerprint density at radius 2 is 1.60 bits per heavy atom. The highest BCUT2D eigenvalue weighted by molar-refractivity contribution is 9.09. The Hall–Kier alpha value is -5.18. The number of amides is 4. The van der Waals surface area contributed by atoms with Gasteiger partial charge in [-0.25, -0.2) is 4.39 Å². The van der Waals surface area contributed by atoms with Gasteiger partial charge in [0, 0.05) is 28.7 Å². The van der Waals surface area contributed by atoms with Gasteiger partial charge in [-0.3, -0.25) is 33.6 Å². The summed E-state index contributed by atoms with van der Waals surface area (Å²) in [4.78, 5) is 85.8. The summed E-state index contributed by atoms with van der Waals surface area (Å²) in [5.74, 6) is -5.52. The number of carbonyl (C=O) groups excluding carboxylic acids is 6. The number of fused-ring (bicyclic) bond motifs is 7. The standard InChI is InChI=1S/C48H56BrFN4O13/c1-45-16-15-32(56)18-31(45)11-12-33-34-19-38-48(37(58)24-55,46(34,2)20-36(57)47(33,45)50)67-44(66-38)30-9-7-28(8-10-30)17-27-3-5-29(6-4-27)25-65-26-53-40(60)22-52-43(64)35(13-14-42(62)63)54-41(61)23-51-39(59)21-49/h3-10,15-16,18,33-36,38,44,55,57H,11-14,17,19-26H2,1-2H3,(H,51,59)(H,52,64)(H,53,60)(H,54,61)(H,62,63)/t33-,34-,35-,36-,38+,44+,45-,46-,47-,48+/m0/s1. The lowest BCUT2D eigenvalue weighted by atomic mass is 9.44. The zero-order valence-electron chi connectivity index (χ0n) is 37.2. The molecule has 10 atom stereocenters. The summed E-state index contributed by atoms with van der Waals surface area (Å²) in [5, 5.41) is 40.7. The number of carbonyl (C=O) groups is 7. The Morgan fingerprint density at radius 3 is 2.27 bits per heavy atom. The maximum atomic E-state index is 17.7. The van der Waals surface area contributed by atoms with E-state index in [2.05, 4.69) is 37.2 Å². The molecule has 5 aliphatic rings. The van der Waals surface area contributed by atoms with Gasteiger partial charge in [0.15, 0.2) is 29.1 Å². The molecule has 0 unspecified atom stereocenters. The van der Waals surface area contributed by atoms with Crippen LogP contribution in [0.1, 0.15) is 80.9 Å². The maximum Gasteiger partial charge on any atom is 0.303 e. The van der Waals surface area contributed by atoms with Crippen molar-refractivity contribution >= 4 is 57.1 Å². The molecule has 17 nitrogen and oxygen atoms in total. The lowest BCUT2D eigenvalue weighted by Crippen LogP contribution is -2.69. The van der Waals surface area contributed by atoms with Crippen LogP contribution in [-0.4, -0.2) is 118 Å². The van der Waals surface area contributed by atoms with Crippen LogP contribution < -0.4 is 21.3 Å². The van der Waals surface area contributed by atoms with E-state index in [9.17, 15) is 43.8 Å². The molecule has 7 N–H and O–H groups in total. The first-order valence-electron chi connectivity index (χ1n) is 22.3. The quantitative estimate of drug-likeness (QED) is 0.0608. The first-order valence-corrected chi connectivity index (χ1v) is 23.4. The third-order valence-electron chi connectivity index (χ3n) is 14.6. The van der Waals surface area contributed by atoms with E-state index in [1.54, 1.807) is 13.0 Å². The number of alkyl halides is 2. The highest BCUT2D eigenvalue weighted by atomic mass is 79.9. The topological polar surface area (TPSA) is 256 Å². The minimum absolute atomic E-state index is 0.0298. The molecule has 1 aliphatic heterocycles. The second-order valence-corrected chi connectivity index (χ2v) is 19.0. The number of hydrogen-bond acceptors (Lipinski definition) is 12. The number of rotatable bonds is 19. The van der Waals surface area contributed by atoms with Crippen molar-refractivity contribution in [2.75, 3.05) is 31.8 Å². The largest absolute Gasteiger partial charge is 0.481 e. The summed E-state index contributed by atoms with van der Waals surface area (Å²) in [6.45, 7) is 1.92. The Bertz CT molecular complexity index is 2330.